The van der Waals surface area contributed by atoms with Crippen molar-refractivity contribution in [3.63, 3.8) is 0 Å². The van der Waals surface area contributed by atoms with Crippen LogP contribution < -0.4 is 0 Å². The zero-order valence-corrected chi connectivity index (χ0v) is 17.9. The Balaban J connectivity index is 1.90. The molecule has 0 amide bonds. The third kappa shape index (κ3) is 10.3. The molecule has 0 nitrogen and oxygen atoms in total. The van der Waals surface area contributed by atoms with Gasteiger partial charge in [-0.3, -0.25) is 0 Å². The number of aryl methyl sites for hydroxylation is 1. The second-order valence-corrected chi connectivity index (χ2v) is 8.21. The van der Waals surface area contributed by atoms with Crippen LogP contribution in [0.5, 0.6) is 0 Å². The number of hydrogen-bond donors (Lipinski definition) is 0. The Kier molecular flexibility index (Phi) is 13.2. The summed E-state index contributed by atoms with van der Waals surface area (Å²) in [6.07, 6.45) is 21.2. The molecule has 0 spiro atoms. The van der Waals surface area contributed by atoms with Crippen LogP contribution in [0, 0.1) is 13.8 Å². The van der Waals surface area contributed by atoms with Gasteiger partial charge in [-0.2, -0.15) is 0 Å². The lowest BCUT2D eigenvalue weighted by atomic mass is 9.98. The van der Waals surface area contributed by atoms with E-state index in [1.807, 2.05) is 0 Å². The molecule has 1 heteroatoms. The van der Waals surface area contributed by atoms with Gasteiger partial charge in [0.1, 0.15) is 0 Å². The molecule has 0 aromatic heterocycles. The minimum Gasteiger partial charge on any atom is -0.0840 e. The number of halogens is 1. The van der Waals surface area contributed by atoms with Crippen molar-refractivity contribution in [2.45, 2.75) is 117 Å². The van der Waals surface area contributed by atoms with Crippen LogP contribution in [-0.2, 0) is 6.42 Å². The fraction of sp³-hybridized carbons (Fsp3) is 0.750. The summed E-state index contributed by atoms with van der Waals surface area (Å²) < 4.78 is 0. The van der Waals surface area contributed by atoms with Crippen molar-refractivity contribution in [2.24, 2.45) is 0 Å². The normalized spacial score (nSPS) is 11.2. The summed E-state index contributed by atoms with van der Waals surface area (Å²) in [5.74, 6) is 0. The van der Waals surface area contributed by atoms with Gasteiger partial charge in [-0.05, 0) is 49.4 Å². The first-order valence-corrected chi connectivity index (χ1v) is 11.3. The van der Waals surface area contributed by atoms with Crippen LogP contribution in [0.25, 0.3) is 0 Å². The van der Waals surface area contributed by atoms with Crippen LogP contribution in [-0.4, -0.2) is 0 Å². The molecule has 1 aromatic rings. The van der Waals surface area contributed by atoms with E-state index in [1.54, 1.807) is 0 Å². The molecule has 0 atom stereocenters. The molecular formula is C24H41Cl. The maximum atomic E-state index is 6.18. The van der Waals surface area contributed by atoms with E-state index in [9.17, 15) is 0 Å². The lowest BCUT2D eigenvalue weighted by molar-refractivity contribution is 0.535. The number of unbranched alkanes of at least 4 members (excludes halogenated alkanes) is 13. The Morgan fingerprint density at radius 3 is 1.52 bits per heavy atom. The van der Waals surface area contributed by atoms with E-state index < -0.39 is 0 Å². The van der Waals surface area contributed by atoms with E-state index >= 15 is 0 Å². The Morgan fingerprint density at radius 1 is 0.600 bits per heavy atom. The van der Waals surface area contributed by atoms with Gasteiger partial charge in [0.25, 0.3) is 0 Å². The Hall–Kier alpha value is -0.490. The lowest BCUT2D eigenvalue weighted by Gasteiger charge is -2.10. The van der Waals surface area contributed by atoms with E-state index in [2.05, 4.69) is 32.9 Å². The fourth-order valence-corrected chi connectivity index (χ4v) is 3.83. The van der Waals surface area contributed by atoms with Crippen LogP contribution >= 0.6 is 11.6 Å². The molecule has 0 saturated heterocycles. The molecule has 25 heavy (non-hydrogen) atoms. The molecule has 0 heterocycles. The second kappa shape index (κ2) is 14.7. The van der Waals surface area contributed by atoms with Crippen LogP contribution in [0.15, 0.2) is 12.1 Å². The molecule has 0 N–H and O–H groups in total. The number of hydrogen-bond acceptors (Lipinski definition) is 0. The molecule has 144 valence electrons. The van der Waals surface area contributed by atoms with Crippen molar-refractivity contribution in [2.75, 3.05) is 0 Å². The quantitative estimate of drug-likeness (QED) is 0.272. The average molecular weight is 365 g/mol. The predicted octanol–water partition coefficient (Wildman–Crippen LogP) is 8.98. The summed E-state index contributed by atoms with van der Waals surface area (Å²) in [5.41, 5.74) is 4.13. The summed E-state index contributed by atoms with van der Waals surface area (Å²) in [4.78, 5) is 0. The van der Waals surface area contributed by atoms with Crippen LogP contribution in [0.1, 0.15) is 114 Å². The minimum atomic E-state index is 0.905. The summed E-state index contributed by atoms with van der Waals surface area (Å²) in [6.45, 7) is 6.63. The van der Waals surface area contributed by atoms with Gasteiger partial charge in [-0.15, -0.1) is 0 Å². The van der Waals surface area contributed by atoms with Gasteiger partial charge in [0, 0.05) is 5.02 Å². The largest absolute Gasteiger partial charge is 0.0840 e. The standard InChI is InChI=1S/C24H41Cl/c1-4-5-6-7-8-9-10-11-12-13-14-15-16-17-18-23-19-20-24(25)22(3)21(23)2/h19-20H,4-18H2,1-3H3. The second-order valence-electron chi connectivity index (χ2n) is 7.80. The third-order valence-corrected chi connectivity index (χ3v) is 6.04. The molecule has 0 aliphatic heterocycles. The molecule has 0 aliphatic carbocycles. The smallest absolute Gasteiger partial charge is 0.0438 e. The SMILES string of the molecule is CCCCCCCCCCCCCCCCc1ccc(Cl)c(C)c1C. The van der Waals surface area contributed by atoms with Crippen molar-refractivity contribution >= 4 is 11.6 Å². The van der Waals surface area contributed by atoms with Crippen molar-refractivity contribution in [1.29, 1.82) is 0 Å². The topological polar surface area (TPSA) is 0 Å². The Labute approximate surface area is 162 Å². The molecule has 0 unspecified atom stereocenters. The van der Waals surface area contributed by atoms with Crippen molar-refractivity contribution in [3.05, 3.63) is 33.8 Å². The zero-order chi connectivity index (χ0) is 18.3. The third-order valence-electron chi connectivity index (χ3n) is 5.63. The molecule has 0 fully saturated rings. The molecular weight excluding hydrogens is 324 g/mol. The highest BCUT2D eigenvalue weighted by Gasteiger charge is 2.04. The van der Waals surface area contributed by atoms with E-state index in [0.717, 1.165) is 5.02 Å². The van der Waals surface area contributed by atoms with E-state index in [1.165, 1.54) is 113 Å². The average Bonchev–Trinajstić information content (AvgIpc) is 2.61. The van der Waals surface area contributed by atoms with Gasteiger partial charge >= 0.3 is 0 Å². The van der Waals surface area contributed by atoms with Crippen molar-refractivity contribution < 1.29 is 0 Å². The number of rotatable bonds is 15. The van der Waals surface area contributed by atoms with Gasteiger partial charge in [0.05, 0.1) is 0 Å². The summed E-state index contributed by atoms with van der Waals surface area (Å²) >= 11 is 6.18. The number of benzene rings is 1. The summed E-state index contributed by atoms with van der Waals surface area (Å²) in [5, 5.41) is 0.905. The van der Waals surface area contributed by atoms with E-state index in [0.29, 0.717) is 0 Å². The van der Waals surface area contributed by atoms with Crippen LogP contribution in [0.4, 0.5) is 0 Å². The fourth-order valence-electron chi connectivity index (χ4n) is 3.62. The van der Waals surface area contributed by atoms with Gasteiger partial charge in [0.15, 0.2) is 0 Å². The van der Waals surface area contributed by atoms with Crippen molar-refractivity contribution in [3.8, 4) is 0 Å². The zero-order valence-electron chi connectivity index (χ0n) is 17.1. The molecule has 0 aliphatic rings. The highest BCUT2D eigenvalue weighted by atomic mass is 35.5. The first kappa shape index (κ1) is 22.6. The first-order valence-electron chi connectivity index (χ1n) is 10.9. The highest BCUT2D eigenvalue weighted by Crippen LogP contribution is 2.23. The van der Waals surface area contributed by atoms with E-state index in [4.69, 9.17) is 11.6 Å². The summed E-state index contributed by atoms with van der Waals surface area (Å²) in [6, 6.07) is 4.27. The van der Waals surface area contributed by atoms with Crippen LogP contribution in [0.2, 0.25) is 5.02 Å². The molecule has 1 aromatic carbocycles. The monoisotopic (exact) mass is 364 g/mol. The maximum Gasteiger partial charge on any atom is 0.0438 e. The highest BCUT2D eigenvalue weighted by molar-refractivity contribution is 6.31. The molecule has 0 saturated carbocycles. The molecule has 0 radical (unpaired) electrons. The van der Waals surface area contributed by atoms with Gasteiger partial charge < -0.3 is 0 Å². The molecule has 0 bridgehead atoms. The Bertz CT molecular complexity index is 450. The van der Waals surface area contributed by atoms with E-state index in [-0.39, 0.29) is 0 Å². The lowest BCUT2D eigenvalue weighted by Crippen LogP contribution is -1.93. The maximum absolute atomic E-state index is 6.18. The van der Waals surface area contributed by atoms with Gasteiger partial charge in [0.2, 0.25) is 0 Å². The summed E-state index contributed by atoms with van der Waals surface area (Å²) in [7, 11) is 0. The van der Waals surface area contributed by atoms with Gasteiger partial charge in [-0.1, -0.05) is 108 Å². The van der Waals surface area contributed by atoms with Crippen molar-refractivity contribution in [1.82, 2.24) is 0 Å². The van der Waals surface area contributed by atoms with Gasteiger partial charge in [-0.25, -0.2) is 0 Å². The van der Waals surface area contributed by atoms with Crippen LogP contribution in [0.3, 0.4) is 0 Å². The molecule has 1 rings (SSSR count). The minimum absolute atomic E-state index is 0.905. The predicted molar refractivity (Wildman–Crippen MR) is 115 cm³/mol. The first-order chi connectivity index (χ1) is 12.2. The Morgan fingerprint density at radius 2 is 1.04 bits per heavy atom.